The van der Waals surface area contributed by atoms with Crippen molar-refractivity contribution < 1.29 is 9.13 Å². The Balaban J connectivity index is 2.27. The minimum atomic E-state index is -1.36. The fourth-order valence-electron chi connectivity index (χ4n) is 1.69. The lowest BCUT2D eigenvalue weighted by atomic mass is 10.2. The lowest BCUT2D eigenvalue weighted by Gasteiger charge is -2.04. The molecule has 0 fully saturated rings. The minimum Gasteiger partial charge on any atom is -0.399 e. The highest BCUT2D eigenvalue weighted by Crippen LogP contribution is 2.22. The van der Waals surface area contributed by atoms with Crippen molar-refractivity contribution in [3.63, 3.8) is 0 Å². The third kappa shape index (κ3) is 3.17. The Kier molecular flexibility index (Phi) is 3.91. The minimum absolute atomic E-state index is 0.0141. The molecule has 0 aliphatic rings. The van der Waals surface area contributed by atoms with Crippen molar-refractivity contribution in [2.24, 2.45) is 0 Å². The molecule has 0 saturated carbocycles. The van der Waals surface area contributed by atoms with Gasteiger partial charge >= 0.3 is 0 Å². The molecule has 0 bridgehead atoms. The number of benzene rings is 2. The van der Waals surface area contributed by atoms with Gasteiger partial charge in [0.2, 0.25) is 0 Å². The second-order valence-electron chi connectivity index (χ2n) is 3.95. The molecule has 6 heteroatoms. The molecule has 0 aliphatic heterocycles. The summed E-state index contributed by atoms with van der Waals surface area (Å²) >= 11 is 0. The van der Waals surface area contributed by atoms with E-state index in [0.29, 0.717) is 16.1 Å². The van der Waals surface area contributed by atoms with Crippen molar-refractivity contribution >= 4 is 22.2 Å². The molecule has 2 aromatic rings. The van der Waals surface area contributed by atoms with Gasteiger partial charge in [0, 0.05) is 22.2 Å². The average Bonchev–Trinajstić information content (AvgIpc) is 2.39. The van der Waals surface area contributed by atoms with Crippen molar-refractivity contribution in [3.8, 4) is 0 Å². The van der Waals surface area contributed by atoms with Crippen LogP contribution in [0.3, 0.4) is 0 Å². The summed E-state index contributed by atoms with van der Waals surface area (Å²) in [5.74, 6) is 0.0978. The number of nitrogens with zero attached hydrogens (tertiary/aromatic N) is 1. The van der Waals surface area contributed by atoms with Crippen LogP contribution in [0.5, 0.6) is 0 Å². The highest BCUT2D eigenvalue weighted by atomic mass is 32.2. The van der Waals surface area contributed by atoms with Crippen LogP contribution in [0.1, 0.15) is 5.56 Å². The Bertz CT molecular complexity index is 643. The summed E-state index contributed by atoms with van der Waals surface area (Å²) in [7, 11) is -1.36. The lowest BCUT2D eigenvalue weighted by molar-refractivity contribution is -0.385. The highest BCUT2D eigenvalue weighted by Gasteiger charge is 2.15. The molecule has 2 rings (SSSR count). The Morgan fingerprint density at radius 1 is 1.16 bits per heavy atom. The summed E-state index contributed by atoms with van der Waals surface area (Å²) in [5.41, 5.74) is 6.58. The maximum atomic E-state index is 12.2. The van der Waals surface area contributed by atoms with E-state index in [9.17, 15) is 14.3 Å². The quantitative estimate of drug-likeness (QED) is 0.528. The monoisotopic (exact) mass is 276 g/mol. The van der Waals surface area contributed by atoms with Crippen LogP contribution in [0, 0.1) is 10.1 Å². The van der Waals surface area contributed by atoms with E-state index in [1.165, 1.54) is 6.07 Å². The zero-order chi connectivity index (χ0) is 13.8. The van der Waals surface area contributed by atoms with E-state index in [4.69, 9.17) is 5.73 Å². The van der Waals surface area contributed by atoms with Crippen molar-refractivity contribution in [2.45, 2.75) is 10.6 Å². The van der Waals surface area contributed by atoms with E-state index in [1.807, 2.05) is 0 Å². The Morgan fingerprint density at radius 2 is 1.89 bits per heavy atom. The molecule has 0 spiro atoms. The van der Waals surface area contributed by atoms with Gasteiger partial charge < -0.3 is 5.73 Å². The predicted molar refractivity (Wildman–Crippen MR) is 74.1 cm³/mol. The molecule has 2 N–H and O–H groups in total. The number of nitro groups is 1. The van der Waals surface area contributed by atoms with Gasteiger partial charge in [-0.25, -0.2) is 0 Å². The lowest BCUT2D eigenvalue weighted by Crippen LogP contribution is -2.01. The fourth-order valence-corrected chi connectivity index (χ4v) is 2.88. The third-order valence-corrected chi connectivity index (χ3v) is 3.95. The zero-order valence-corrected chi connectivity index (χ0v) is 10.8. The van der Waals surface area contributed by atoms with E-state index in [0.717, 1.165) is 0 Å². The van der Waals surface area contributed by atoms with Crippen LogP contribution in [0.2, 0.25) is 0 Å². The molecule has 19 heavy (non-hydrogen) atoms. The number of rotatable bonds is 4. The van der Waals surface area contributed by atoms with Crippen LogP contribution in [0.15, 0.2) is 53.4 Å². The number of nitro benzene ring substituents is 1. The van der Waals surface area contributed by atoms with E-state index >= 15 is 0 Å². The van der Waals surface area contributed by atoms with Gasteiger partial charge in [0.05, 0.1) is 21.5 Å². The van der Waals surface area contributed by atoms with Crippen molar-refractivity contribution in [1.29, 1.82) is 0 Å². The maximum absolute atomic E-state index is 12.2. The topological polar surface area (TPSA) is 86.2 Å². The normalized spacial score (nSPS) is 12.0. The van der Waals surface area contributed by atoms with E-state index < -0.39 is 15.7 Å². The molecule has 0 amide bonds. The number of hydrogen-bond donors (Lipinski definition) is 1. The summed E-state index contributed by atoms with van der Waals surface area (Å²) in [6.45, 7) is 0. The van der Waals surface area contributed by atoms with Crippen LogP contribution in [-0.4, -0.2) is 9.13 Å². The van der Waals surface area contributed by atoms with Crippen LogP contribution >= 0.6 is 0 Å². The second kappa shape index (κ2) is 5.62. The molecule has 0 heterocycles. The van der Waals surface area contributed by atoms with E-state index in [2.05, 4.69) is 0 Å². The molecular weight excluding hydrogens is 264 g/mol. The standard InChI is InChI=1S/C13H12N2O3S/c14-11-5-3-6-12(8-11)19(18)9-10-4-1-2-7-13(10)15(16)17/h1-8H,9,14H2. The van der Waals surface area contributed by atoms with Crippen LogP contribution in [0.25, 0.3) is 0 Å². The molecule has 0 radical (unpaired) electrons. The molecule has 1 unspecified atom stereocenters. The molecule has 98 valence electrons. The van der Waals surface area contributed by atoms with Crippen molar-refractivity contribution in [3.05, 3.63) is 64.2 Å². The summed E-state index contributed by atoms with van der Waals surface area (Å²) in [5, 5.41) is 10.9. The second-order valence-corrected chi connectivity index (χ2v) is 5.40. The average molecular weight is 276 g/mol. The number of para-hydroxylation sites is 1. The number of nitrogen functional groups attached to an aromatic ring is 1. The zero-order valence-electron chi connectivity index (χ0n) is 9.98. The van der Waals surface area contributed by atoms with Gasteiger partial charge in [0.1, 0.15) is 0 Å². The first kappa shape index (κ1) is 13.2. The highest BCUT2D eigenvalue weighted by molar-refractivity contribution is 7.84. The summed E-state index contributed by atoms with van der Waals surface area (Å²) in [6, 6.07) is 13.0. The van der Waals surface area contributed by atoms with Crippen LogP contribution < -0.4 is 5.73 Å². The van der Waals surface area contributed by atoms with Gasteiger partial charge in [0.25, 0.3) is 5.69 Å². The van der Waals surface area contributed by atoms with Gasteiger partial charge in [-0.1, -0.05) is 24.3 Å². The Labute approximate surface area is 112 Å². The smallest absolute Gasteiger partial charge is 0.273 e. The van der Waals surface area contributed by atoms with Crippen LogP contribution in [0.4, 0.5) is 11.4 Å². The molecule has 2 aromatic carbocycles. The van der Waals surface area contributed by atoms with Gasteiger partial charge in [-0.2, -0.15) is 0 Å². The number of anilines is 1. The van der Waals surface area contributed by atoms with Crippen molar-refractivity contribution in [1.82, 2.24) is 0 Å². The first-order chi connectivity index (χ1) is 9.08. The molecule has 1 atom stereocenters. The largest absolute Gasteiger partial charge is 0.399 e. The molecular formula is C13H12N2O3S. The number of hydrogen-bond acceptors (Lipinski definition) is 4. The van der Waals surface area contributed by atoms with Gasteiger partial charge in [-0.3, -0.25) is 14.3 Å². The Hall–Kier alpha value is -2.21. The van der Waals surface area contributed by atoms with Crippen LogP contribution in [-0.2, 0) is 16.6 Å². The van der Waals surface area contributed by atoms with E-state index in [-0.39, 0.29) is 11.4 Å². The fraction of sp³-hybridized carbons (Fsp3) is 0.0769. The first-order valence-electron chi connectivity index (χ1n) is 5.54. The first-order valence-corrected chi connectivity index (χ1v) is 6.86. The summed E-state index contributed by atoms with van der Waals surface area (Å²) < 4.78 is 12.2. The summed E-state index contributed by atoms with van der Waals surface area (Å²) in [4.78, 5) is 11.0. The van der Waals surface area contributed by atoms with Gasteiger partial charge in [-0.15, -0.1) is 0 Å². The molecule has 5 nitrogen and oxygen atoms in total. The molecule has 0 aromatic heterocycles. The van der Waals surface area contributed by atoms with Crippen molar-refractivity contribution in [2.75, 3.05) is 5.73 Å². The third-order valence-electron chi connectivity index (χ3n) is 2.60. The van der Waals surface area contributed by atoms with Gasteiger partial charge in [-0.05, 0) is 18.2 Å². The predicted octanol–water partition coefficient (Wildman–Crippen LogP) is 2.48. The SMILES string of the molecule is Nc1cccc(S(=O)Cc2ccccc2[N+](=O)[O-])c1. The number of nitrogens with two attached hydrogens (primary N) is 1. The van der Waals surface area contributed by atoms with E-state index in [1.54, 1.807) is 42.5 Å². The summed E-state index contributed by atoms with van der Waals surface area (Å²) in [6.07, 6.45) is 0. The van der Waals surface area contributed by atoms with Gasteiger partial charge in [0.15, 0.2) is 0 Å². The Morgan fingerprint density at radius 3 is 2.58 bits per heavy atom. The molecule has 0 aliphatic carbocycles. The maximum Gasteiger partial charge on any atom is 0.273 e. The molecule has 0 saturated heterocycles.